The maximum atomic E-state index is 5.24. The van der Waals surface area contributed by atoms with Crippen LogP contribution < -0.4 is 0 Å². The molecule has 0 N–H and O–H groups in total. The van der Waals surface area contributed by atoms with Crippen LogP contribution in [0.2, 0.25) is 0 Å². The fraction of sp³-hybridized carbons (Fsp3) is 0.286. The first-order valence-electron chi connectivity index (χ1n) is 3.33. The third kappa shape index (κ3) is 0.950. The van der Waals surface area contributed by atoms with E-state index in [2.05, 4.69) is 5.73 Å². The van der Waals surface area contributed by atoms with E-state index in [9.17, 15) is 0 Å². The average Bonchev–Trinajstić information content (AvgIpc) is 2.59. The molecule has 50 valence electrons. The van der Waals surface area contributed by atoms with Gasteiger partial charge in [-0.2, -0.15) is 0 Å². The van der Waals surface area contributed by atoms with E-state index < -0.39 is 0 Å². The standard InChI is InChI=1S/C7H7BO2/c1-2-4-7(3-1)8-9-5-6-10-8/h1-3H,5-6H2. The van der Waals surface area contributed by atoms with E-state index >= 15 is 0 Å². The quantitative estimate of drug-likeness (QED) is 0.388. The molecule has 0 aromatic rings. The van der Waals surface area contributed by atoms with Crippen LogP contribution in [0.25, 0.3) is 0 Å². The lowest BCUT2D eigenvalue weighted by molar-refractivity contribution is 0.365. The summed E-state index contributed by atoms with van der Waals surface area (Å²) >= 11 is 0. The Hall–Kier alpha value is -0.755. The Kier molecular flexibility index (Phi) is 1.48. The monoisotopic (exact) mass is 134 g/mol. The van der Waals surface area contributed by atoms with E-state index in [0.29, 0.717) is 13.2 Å². The Morgan fingerprint density at radius 2 is 2.20 bits per heavy atom. The van der Waals surface area contributed by atoms with E-state index in [1.807, 2.05) is 18.2 Å². The molecular formula is C7H7BO2. The molecule has 0 aromatic heterocycles. The van der Waals surface area contributed by atoms with Crippen LogP contribution in [0.5, 0.6) is 0 Å². The highest BCUT2D eigenvalue weighted by atomic mass is 16.6. The van der Waals surface area contributed by atoms with E-state index in [-0.39, 0.29) is 7.12 Å². The van der Waals surface area contributed by atoms with Crippen LogP contribution >= 0.6 is 0 Å². The molecule has 0 unspecified atom stereocenters. The van der Waals surface area contributed by atoms with Gasteiger partial charge in [0, 0.05) is 5.47 Å². The molecule has 0 amide bonds. The van der Waals surface area contributed by atoms with Crippen molar-refractivity contribution in [2.75, 3.05) is 13.2 Å². The van der Waals surface area contributed by atoms with Gasteiger partial charge in [0.2, 0.25) is 0 Å². The van der Waals surface area contributed by atoms with Gasteiger partial charge in [-0.05, 0) is 6.08 Å². The van der Waals surface area contributed by atoms with Gasteiger partial charge >= 0.3 is 7.12 Å². The minimum Gasteiger partial charge on any atom is -0.405 e. The molecule has 0 bridgehead atoms. The summed E-state index contributed by atoms with van der Waals surface area (Å²) in [7, 11) is -0.157. The molecule has 1 aliphatic heterocycles. The number of rotatable bonds is 1. The summed E-state index contributed by atoms with van der Waals surface area (Å²) in [4.78, 5) is 0. The molecule has 3 heteroatoms. The van der Waals surface area contributed by atoms with E-state index in [1.165, 1.54) is 0 Å². The van der Waals surface area contributed by atoms with Gasteiger partial charge in [-0.1, -0.05) is 12.2 Å². The van der Waals surface area contributed by atoms with Gasteiger partial charge in [-0.25, -0.2) is 0 Å². The second-order valence-corrected chi connectivity index (χ2v) is 2.20. The van der Waals surface area contributed by atoms with Crippen molar-refractivity contribution in [1.29, 1.82) is 0 Å². The first-order chi connectivity index (χ1) is 4.97. The fourth-order valence-corrected chi connectivity index (χ4v) is 1.03. The zero-order valence-electron chi connectivity index (χ0n) is 5.54. The number of allylic oxidation sites excluding steroid dienone is 3. The highest BCUT2D eigenvalue weighted by Crippen LogP contribution is 2.12. The van der Waals surface area contributed by atoms with Crippen molar-refractivity contribution >= 4 is 7.12 Å². The maximum Gasteiger partial charge on any atom is 0.502 e. The van der Waals surface area contributed by atoms with Gasteiger partial charge in [-0.3, -0.25) is 0 Å². The van der Waals surface area contributed by atoms with Gasteiger partial charge in [0.25, 0.3) is 0 Å². The smallest absolute Gasteiger partial charge is 0.405 e. The molecule has 2 rings (SSSR count). The Morgan fingerprint density at radius 3 is 2.80 bits per heavy atom. The van der Waals surface area contributed by atoms with Crippen LogP contribution in [0, 0.1) is 0 Å². The summed E-state index contributed by atoms with van der Waals surface area (Å²) in [6.45, 7) is 1.40. The number of hydrogen-bond donors (Lipinski definition) is 0. The Labute approximate surface area is 60.0 Å². The van der Waals surface area contributed by atoms with Crippen molar-refractivity contribution < 1.29 is 9.31 Å². The molecule has 2 aliphatic rings. The molecule has 1 heterocycles. The third-order valence-corrected chi connectivity index (χ3v) is 1.50. The fourth-order valence-electron chi connectivity index (χ4n) is 1.03. The second-order valence-electron chi connectivity index (χ2n) is 2.20. The van der Waals surface area contributed by atoms with Crippen LogP contribution in [0.3, 0.4) is 0 Å². The zero-order valence-corrected chi connectivity index (χ0v) is 5.54. The minimum absolute atomic E-state index is 0.157. The molecule has 10 heavy (non-hydrogen) atoms. The lowest BCUT2D eigenvalue weighted by Gasteiger charge is -1.98. The van der Waals surface area contributed by atoms with Crippen molar-refractivity contribution in [2.24, 2.45) is 0 Å². The van der Waals surface area contributed by atoms with Crippen molar-refractivity contribution in [1.82, 2.24) is 0 Å². The predicted molar refractivity (Wildman–Crippen MR) is 38.4 cm³/mol. The molecule has 1 fully saturated rings. The topological polar surface area (TPSA) is 18.5 Å². The SMILES string of the molecule is C1=CC=CC=1B1OCCO1. The molecule has 2 nitrogen and oxygen atoms in total. The van der Waals surface area contributed by atoms with E-state index in [0.717, 1.165) is 5.47 Å². The minimum atomic E-state index is -0.157. The maximum absolute atomic E-state index is 5.24. The first-order valence-corrected chi connectivity index (χ1v) is 3.33. The number of hydrogen-bond acceptors (Lipinski definition) is 2. The summed E-state index contributed by atoms with van der Waals surface area (Å²) in [6.07, 6.45) is 5.75. The van der Waals surface area contributed by atoms with E-state index in [4.69, 9.17) is 9.31 Å². The molecule has 0 saturated carbocycles. The van der Waals surface area contributed by atoms with Crippen molar-refractivity contribution in [2.45, 2.75) is 0 Å². The second kappa shape index (κ2) is 2.47. The van der Waals surface area contributed by atoms with Crippen molar-refractivity contribution in [3.8, 4) is 0 Å². The van der Waals surface area contributed by atoms with Gasteiger partial charge < -0.3 is 9.31 Å². The third-order valence-electron chi connectivity index (χ3n) is 1.50. The lowest BCUT2D eigenvalue weighted by atomic mass is 9.80. The Balaban J connectivity index is 2.11. The zero-order chi connectivity index (χ0) is 6.81. The summed E-state index contributed by atoms with van der Waals surface area (Å²) in [5.74, 6) is 0. The molecule has 1 aliphatic carbocycles. The first kappa shape index (κ1) is 5.99. The van der Waals surface area contributed by atoms with Crippen LogP contribution in [-0.2, 0) is 9.31 Å². The van der Waals surface area contributed by atoms with Gasteiger partial charge in [0.15, 0.2) is 0 Å². The van der Waals surface area contributed by atoms with Gasteiger partial charge in [0.1, 0.15) is 0 Å². The average molecular weight is 134 g/mol. The molecule has 0 spiro atoms. The van der Waals surface area contributed by atoms with Crippen molar-refractivity contribution in [3.63, 3.8) is 0 Å². The summed E-state index contributed by atoms with van der Waals surface area (Å²) in [5, 5.41) is 0. The van der Waals surface area contributed by atoms with Crippen LogP contribution in [-0.4, -0.2) is 20.3 Å². The van der Waals surface area contributed by atoms with E-state index in [1.54, 1.807) is 0 Å². The lowest BCUT2D eigenvalue weighted by Crippen LogP contribution is -2.15. The molecular weight excluding hydrogens is 127 g/mol. The summed E-state index contributed by atoms with van der Waals surface area (Å²) < 4.78 is 10.5. The largest absolute Gasteiger partial charge is 0.502 e. The molecule has 0 atom stereocenters. The molecule has 0 aromatic carbocycles. The van der Waals surface area contributed by atoms with Crippen LogP contribution in [0.15, 0.2) is 29.4 Å². The van der Waals surface area contributed by atoms with Crippen LogP contribution in [0.4, 0.5) is 0 Å². The summed E-state index contributed by atoms with van der Waals surface area (Å²) in [6, 6.07) is 0. The van der Waals surface area contributed by atoms with Gasteiger partial charge in [-0.15, -0.1) is 5.73 Å². The Morgan fingerprint density at radius 1 is 1.40 bits per heavy atom. The highest BCUT2D eigenvalue weighted by molar-refractivity contribution is 6.55. The predicted octanol–water partition coefficient (Wildman–Crippen LogP) is 0.712. The molecule has 0 radical (unpaired) electrons. The normalized spacial score (nSPS) is 22.4. The highest BCUT2D eigenvalue weighted by Gasteiger charge is 2.27. The Bertz CT molecular complexity index is 220. The van der Waals surface area contributed by atoms with Crippen molar-refractivity contribution in [3.05, 3.63) is 29.4 Å². The summed E-state index contributed by atoms with van der Waals surface area (Å²) in [5.41, 5.74) is 4.03. The van der Waals surface area contributed by atoms with Gasteiger partial charge in [0.05, 0.1) is 13.2 Å². The van der Waals surface area contributed by atoms with Crippen LogP contribution in [0.1, 0.15) is 0 Å². The molecule has 1 saturated heterocycles.